The minimum absolute atomic E-state index is 0.0294. The van der Waals surface area contributed by atoms with Gasteiger partial charge in [-0.3, -0.25) is 0 Å². The van der Waals surface area contributed by atoms with Crippen molar-refractivity contribution in [3.63, 3.8) is 0 Å². The fraction of sp³-hybridized carbons (Fsp3) is 0.188. The lowest BCUT2D eigenvalue weighted by Crippen LogP contribution is -2.14. The number of primary sulfonamides is 1. The maximum Gasteiger partial charge on any atom is 0.387 e. The highest BCUT2D eigenvalue weighted by atomic mass is 32.2. The van der Waals surface area contributed by atoms with E-state index in [9.17, 15) is 22.0 Å². The number of carbonyl (C=O) groups is 1. The van der Waals surface area contributed by atoms with Crippen LogP contribution < -0.4 is 14.6 Å². The second-order valence-electron chi connectivity index (χ2n) is 4.88. The molecule has 2 aromatic carbocycles. The standard InChI is InChI=1S/C16H15F2NO6S/c17-16(18)25-14-4-2-1-3-13(14)15(20)24-10-9-23-11-5-7-12(8-6-11)26(19,21)22/h1-8,16H,9-10H2,(H2,19,21,22). The highest BCUT2D eigenvalue weighted by molar-refractivity contribution is 7.89. The van der Waals surface area contributed by atoms with Gasteiger partial charge in [0.1, 0.15) is 30.3 Å². The molecule has 7 nitrogen and oxygen atoms in total. The zero-order chi connectivity index (χ0) is 19.2. The first kappa shape index (κ1) is 19.6. The number of halogens is 2. The van der Waals surface area contributed by atoms with Crippen molar-refractivity contribution in [2.45, 2.75) is 11.5 Å². The molecule has 0 spiro atoms. The molecule has 0 aliphatic rings. The molecule has 0 heterocycles. The number of nitrogens with two attached hydrogens (primary N) is 1. The van der Waals surface area contributed by atoms with Crippen LogP contribution in [-0.2, 0) is 14.8 Å². The van der Waals surface area contributed by atoms with E-state index in [-0.39, 0.29) is 29.4 Å². The van der Waals surface area contributed by atoms with Gasteiger partial charge >= 0.3 is 12.6 Å². The van der Waals surface area contributed by atoms with Gasteiger partial charge in [-0.15, -0.1) is 0 Å². The predicted octanol–water partition coefficient (Wildman–Crippen LogP) is 2.17. The van der Waals surface area contributed by atoms with E-state index in [1.807, 2.05) is 0 Å². The molecule has 0 radical (unpaired) electrons. The number of esters is 1. The van der Waals surface area contributed by atoms with Gasteiger partial charge in [0.25, 0.3) is 0 Å². The van der Waals surface area contributed by atoms with Gasteiger partial charge in [0.2, 0.25) is 10.0 Å². The van der Waals surface area contributed by atoms with Gasteiger partial charge in [-0.25, -0.2) is 18.4 Å². The third kappa shape index (κ3) is 5.67. The Morgan fingerprint density at radius 3 is 2.31 bits per heavy atom. The van der Waals surface area contributed by atoms with Crippen molar-refractivity contribution in [3.8, 4) is 11.5 Å². The van der Waals surface area contributed by atoms with E-state index in [0.29, 0.717) is 5.75 Å². The normalized spacial score (nSPS) is 11.2. The second kappa shape index (κ2) is 8.59. The van der Waals surface area contributed by atoms with Crippen LogP contribution in [-0.4, -0.2) is 34.2 Å². The fourth-order valence-electron chi connectivity index (χ4n) is 1.93. The van der Waals surface area contributed by atoms with Crippen molar-refractivity contribution >= 4 is 16.0 Å². The maximum absolute atomic E-state index is 12.3. The lowest BCUT2D eigenvalue weighted by molar-refractivity contribution is -0.0505. The van der Waals surface area contributed by atoms with Gasteiger partial charge in [-0.2, -0.15) is 8.78 Å². The van der Waals surface area contributed by atoms with Crippen molar-refractivity contribution in [2.24, 2.45) is 5.14 Å². The first-order valence-electron chi connectivity index (χ1n) is 7.24. The molecular formula is C16H15F2NO6S. The largest absolute Gasteiger partial charge is 0.490 e. The minimum atomic E-state index is -3.79. The van der Waals surface area contributed by atoms with E-state index in [0.717, 1.165) is 0 Å². The number of hydrogen-bond acceptors (Lipinski definition) is 6. The van der Waals surface area contributed by atoms with Crippen LogP contribution in [0.15, 0.2) is 53.4 Å². The van der Waals surface area contributed by atoms with Gasteiger partial charge in [0, 0.05) is 0 Å². The van der Waals surface area contributed by atoms with Crippen LogP contribution in [0.5, 0.6) is 11.5 Å². The Labute approximate surface area is 148 Å². The zero-order valence-corrected chi connectivity index (χ0v) is 14.1. The second-order valence-corrected chi connectivity index (χ2v) is 6.44. The molecule has 0 aliphatic carbocycles. The summed E-state index contributed by atoms with van der Waals surface area (Å²) in [5.74, 6) is -0.781. The number of alkyl halides is 2. The number of rotatable bonds is 8. The third-order valence-electron chi connectivity index (χ3n) is 3.06. The van der Waals surface area contributed by atoms with Crippen molar-refractivity contribution in [1.29, 1.82) is 0 Å². The summed E-state index contributed by atoms with van der Waals surface area (Å²) in [6, 6.07) is 10.8. The Morgan fingerprint density at radius 1 is 1.04 bits per heavy atom. The average Bonchev–Trinajstić information content (AvgIpc) is 2.58. The molecular weight excluding hydrogens is 372 g/mol. The summed E-state index contributed by atoms with van der Waals surface area (Å²) in [5.41, 5.74) is -0.134. The summed E-state index contributed by atoms with van der Waals surface area (Å²) >= 11 is 0. The number of benzene rings is 2. The fourth-order valence-corrected chi connectivity index (χ4v) is 2.45. The first-order valence-corrected chi connectivity index (χ1v) is 8.78. The van der Waals surface area contributed by atoms with E-state index < -0.39 is 22.6 Å². The Bertz CT molecular complexity index is 855. The molecule has 0 fully saturated rings. The van der Waals surface area contributed by atoms with Gasteiger partial charge in [-0.1, -0.05) is 12.1 Å². The molecule has 0 aliphatic heterocycles. The maximum atomic E-state index is 12.3. The van der Waals surface area contributed by atoms with Crippen molar-refractivity contribution < 1.29 is 36.2 Å². The quantitative estimate of drug-likeness (QED) is 0.550. The first-order chi connectivity index (χ1) is 12.3. The van der Waals surface area contributed by atoms with Gasteiger partial charge in [0.15, 0.2) is 0 Å². The molecule has 10 heteroatoms. The highest BCUT2D eigenvalue weighted by Crippen LogP contribution is 2.21. The lowest BCUT2D eigenvalue weighted by Gasteiger charge is -2.11. The number of para-hydroxylation sites is 1. The van der Waals surface area contributed by atoms with Crippen LogP contribution in [0.1, 0.15) is 10.4 Å². The third-order valence-corrected chi connectivity index (χ3v) is 3.99. The molecule has 2 rings (SSSR count). The number of hydrogen-bond donors (Lipinski definition) is 1. The summed E-state index contributed by atoms with van der Waals surface area (Å²) in [6.45, 7) is -3.25. The molecule has 0 saturated heterocycles. The minimum Gasteiger partial charge on any atom is -0.490 e. The van der Waals surface area contributed by atoms with E-state index in [2.05, 4.69) is 4.74 Å². The number of sulfonamides is 1. The molecule has 2 aromatic rings. The van der Waals surface area contributed by atoms with E-state index in [1.165, 1.54) is 48.5 Å². The average molecular weight is 387 g/mol. The topological polar surface area (TPSA) is 105 Å². The smallest absolute Gasteiger partial charge is 0.387 e. The summed E-state index contributed by atoms with van der Waals surface area (Å²) in [5, 5.41) is 4.98. The summed E-state index contributed by atoms with van der Waals surface area (Å²) < 4.78 is 61.4. The highest BCUT2D eigenvalue weighted by Gasteiger charge is 2.16. The van der Waals surface area contributed by atoms with Crippen molar-refractivity contribution in [1.82, 2.24) is 0 Å². The van der Waals surface area contributed by atoms with E-state index in [4.69, 9.17) is 14.6 Å². The molecule has 140 valence electrons. The molecule has 0 unspecified atom stereocenters. The molecule has 0 saturated carbocycles. The Hall–Kier alpha value is -2.72. The zero-order valence-electron chi connectivity index (χ0n) is 13.3. The molecule has 0 atom stereocenters. The summed E-state index contributed by atoms with van der Waals surface area (Å²) in [7, 11) is -3.79. The van der Waals surface area contributed by atoms with Crippen molar-refractivity contribution in [3.05, 3.63) is 54.1 Å². The Morgan fingerprint density at radius 2 is 1.69 bits per heavy atom. The van der Waals surface area contributed by atoms with E-state index >= 15 is 0 Å². The molecule has 0 amide bonds. The van der Waals surface area contributed by atoms with Gasteiger partial charge in [-0.05, 0) is 36.4 Å². The van der Waals surface area contributed by atoms with E-state index in [1.54, 1.807) is 0 Å². The molecule has 2 N–H and O–H groups in total. The van der Waals surface area contributed by atoms with Crippen LogP contribution in [0.25, 0.3) is 0 Å². The van der Waals surface area contributed by atoms with Crippen LogP contribution in [0.4, 0.5) is 8.78 Å². The lowest BCUT2D eigenvalue weighted by atomic mass is 10.2. The van der Waals surface area contributed by atoms with Gasteiger partial charge < -0.3 is 14.2 Å². The monoisotopic (exact) mass is 387 g/mol. The SMILES string of the molecule is NS(=O)(=O)c1ccc(OCCOC(=O)c2ccccc2OC(F)F)cc1. The summed E-state index contributed by atoms with van der Waals surface area (Å²) in [6.07, 6.45) is 0. The van der Waals surface area contributed by atoms with Crippen LogP contribution >= 0.6 is 0 Å². The van der Waals surface area contributed by atoms with Crippen LogP contribution in [0, 0.1) is 0 Å². The Kier molecular flexibility index (Phi) is 6.47. The number of ether oxygens (including phenoxy) is 3. The molecule has 0 bridgehead atoms. The molecule has 26 heavy (non-hydrogen) atoms. The Balaban J connectivity index is 1.86. The number of carbonyl (C=O) groups excluding carboxylic acids is 1. The van der Waals surface area contributed by atoms with Crippen LogP contribution in [0.2, 0.25) is 0 Å². The summed E-state index contributed by atoms with van der Waals surface area (Å²) in [4.78, 5) is 11.9. The van der Waals surface area contributed by atoms with Crippen LogP contribution in [0.3, 0.4) is 0 Å². The van der Waals surface area contributed by atoms with Gasteiger partial charge in [0.05, 0.1) is 4.90 Å². The predicted molar refractivity (Wildman–Crippen MR) is 86.7 cm³/mol. The van der Waals surface area contributed by atoms with Crippen molar-refractivity contribution in [2.75, 3.05) is 13.2 Å². The molecule has 0 aromatic heterocycles.